The van der Waals surface area contributed by atoms with Crippen LogP contribution in [0.4, 0.5) is 0 Å². The number of aromatic nitrogens is 2. The van der Waals surface area contributed by atoms with Crippen molar-refractivity contribution in [2.45, 2.75) is 6.92 Å². The van der Waals surface area contributed by atoms with E-state index in [1.54, 1.807) is 0 Å². The van der Waals surface area contributed by atoms with Crippen LogP contribution in [-0.4, -0.2) is 9.97 Å². The minimum absolute atomic E-state index is 0.167. The summed E-state index contributed by atoms with van der Waals surface area (Å²) in [5, 5.41) is 0.514. The van der Waals surface area contributed by atoms with Crippen LogP contribution in [0.1, 0.15) is 5.56 Å². The molecule has 2 rings (SSSR count). The molecule has 2 nitrogen and oxygen atoms in total. The minimum atomic E-state index is 0.167. The van der Waals surface area contributed by atoms with E-state index in [2.05, 4.69) is 9.97 Å². The summed E-state index contributed by atoms with van der Waals surface area (Å²) in [6.45, 7) is 1.97. The Morgan fingerprint density at radius 3 is 2.06 bits per heavy atom. The molecule has 1 aromatic heterocycles. The maximum atomic E-state index is 5.85. The van der Waals surface area contributed by atoms with Crippen molar-refractivity contribution >= 4 is 34.8 Å². The molecule has 16 heavy (non-hydrogen) atoms. The molecule has 0 aliphatic heterocycles. The normalized spacial score (nSPS) is 10.5. The zero-order chi connectivity index (χ0) is 11.7. The van der Waals surface area contributed by atoms with Gasteiger partial charge in [-0.05, 0) is 12.5 Å². The molecular weight excluding hydrogens is 266 g/mol. The van der Waals surface area contributed by atoms with Crippen LogP contribution in [0.5, 0.6) is 0 Å². The fourth-order valence-electron chi connectivity index (χ4n) is 1.34. The van der Waals surface area contributed by atoms with E-state index in [1.807, 2.05) is 31.2 Å². The number of nitrogens with zero attached hydrogens (tertiary/aromatic N) is 2. The summed E-state index contributed by atoms with van der Waals surface area (Å²) in [4.78, 5) is 8.21. The summed E-state index contributed by atoms with van der Waals surface area (Å²) >= 11 is 17.5. The predicted molar refractivity (Wildman–Crippen MR) is 67.2 cm³/mol. The molecule has 1 heterocycles. The Kier molecular flexibility index (Phi) is 3.33. The standard InChI is InChI=1S/C11H7Cl3N2/c1-6-4-2-3-5-7(6)11-15-9(13)8(12)10(14)16-11/h2-5H,1H3. The topological polar surface area (TPSA) is 25.8 Å². The zero-order valence-electron chi connectivity index (χ0n) is 8.34. The van der Waals surface area contributed by atoms with Gasteiger partial charge in [0.25, 0.3) is 0 Å². The van der Waals surface area contributed by atoms with E-state index in [4.69, 9.17) is 34.8 Å². The highest BCUT2D eigenvalue weighted by molar-refractivity contribution is 6.46. The third-order valence-electron chi connectivity index (χ3n) is 2.16. The van der Waals surface area contributed by atoms with E-state index in [0.29, 0.717) is 5.82 Å². The SMILES string of the molecule is Cc1ccccc1-c1nc(Cl)c(Cl)c(Cl)n1. The lowest BCUT2D eigenvalue weighted by atomic mass is 10.1. The van der Waals surface area contributed by atoms with Gasteiger partial charge in [-0.2, -0.15) is 0 Å². The van der Waals surface area contributed by atoms with Gasteiger partial charge >= 0.3 is 0 Å². The summed E-state index contributed by atoms with van der Waals surface area (Å²) in [6, 6.07) is 7.72. The second-order valence-corrected chi connectivity index (χ2v) is 4.35. The third kappa shape index (κ3) is 2.14. The number of aryl methyl sites for hydroxylation is 1. The van der Waals surface area contributed by atoms with Gasteiger partial charge in [-0.25, -0.2) is 9.97 Å². The quantitative estimate of drug-likeness (QED) is 0.719. The lowest BCUT2D eigenvalue weighted by Gasteiger charge is -2.05. The maximum Gasteiger partial charge on any atom is 0.162 e. The zero-order valence-corrected chi connectivity index (χ0v) is 10.6. The fourth-order valence-corrected chi connectivity index (χ4v) is 1.81. The maximum absolute atomic E-state index is 5.85. The molecule has 82 valence electrons. The Morgan fingerprint density at radius 2 is 1.50 bits per heavy atom. The molecule has 5 heteroatoms. The van der Waals surface area contributed by atoms with E-state index in [-0.39, 0.29) is 15.3 Å². The van der Waals surface area contributed by atoms with E-state index in [1.165, 1.54) is 0 Å². The van der Waals surface area contributed by atoms with E-state index >= 15 is 0 Å². The first-order valence-electron chi connectivity index (χ1n) is 4.54. The van der Waals surface area contributed by atoms with Crippen LogP contribution in [0, 0.1) is 6.92 Å². The first-order chi connectivity index (χ1) is 7.59. The van der Waals surface area contributed by atoms with Crippen molar-refractivity contribution in [3.05, 3.63) is 45.2 Å². The number of benzene rings is 1. The van der Waals surface area contributed by atoms with Crippen molar-refractivity contribution in [2.24, 2.45) is 0 Å². The number of hydrogen-bond acceptors (Lipinski definition) is 2. The molecule has 1 aromatic carbocycles. The van der Waals surface area contributed by atoms with E-state index < -0.39 is 0 Å². The third-order valence-corrected chi connectivity index (χ3v) is 3.25. The number of rotatable bonds is 1. The van der Waals surface area contributed by atoms with E-state index in [0.717, 1.165) is 11.1 Å². The van der Waals surface area contributed by atoms with Gasteiger partial charge in [0.1, 0.15) is 5.02 Å². The van der Waals surface area contributed by atoms with Crippen molar-refractivity contribution in [3.63, 3.8) is 0 Å². The van der Waals surface area contributed by atoms with Crippen LogP contribution in [0.15, 0.2) is 24.3 Å². The Balaban J connectivity index is 2.62. The van der Waals surface area contributed by atoms with E-state index in [9.17, 15) is 0 Å². The second-order valence-electron chi connectivity index (χ2n) is 3.26. The molecule has 0 bridgehead atoms. The molecule has 0 N–H and O–H groups in total. The highest BCUT2D eigenvalue weighted by atomic mass is 35.5. The average Bonchev–Trinajstić information content (AvgIpc) is 2.26. The molecule has 0 radical (unpaired) electrons. The van der Waals surface area contributed by atoms with Gasteiger partial charge in [0.15, 0.2) is 16.1 Å². The van der Waals surface area contributed by atoms with Gasteiger partial charge in [-0.1, -0.05) is 59.1 Å². The molecule has 0 aliphatic carbocycles. The summed E-state index contributed by atoms with van der Waals surface area (Å²) in [5.41, 5.74) is 1.94. The van der Waals surface area contributed by atoms with Crippen LogP contribution in [0.2, 0.25) is 15.3 Å². The summed E-state index contributed by atoms with van der Waals surface area (Å²) in [6.07, 6.45) is 0. The van der Waals surface area contributed by atoms with Crippen LogP contribution < -0.4 is 0 Å². The Labute approximate surface area is 108 Å². The van der Waals surface area contributed by atoms with Gasteiger partial charge in [0.2, 0.25) is 0 Å². The number of hydrogen-bond donors (Lipinski definition) is 0. The second kappa shape index (κ2) is 4.58. The predicted octanol–water partition coefficient (Wildman–Crippen LogP) is 4.41. The minimum Gasteiger partial charge on any atom is -0.215 e. The molecule has 0 saturated carbocycles. The van der Waals surface area contributed by atoms with Crippen molar-refractivity contribution in [2.75, 3.05) is 0 Å². The molecule has 0 amide bonds. The van der Waals surface area contributed by atoms with Crippen LogP contribution in [-0.2, 0) is 0 Å². The number of halogens is 3. The summed E-state index contributed by atoms with van der Waals surface area (Å²) in [7, 11) is 0. The first kappa shape index (κ1) is 11.6. The van der Waals surface area contributed by atoms with Crippen LogP contribution in [0.25, 0.3) is 11.4 Å². The van der Waals surface area contributed by atoms with Crippen molar-refractivity contribution in [1.29, 1.82) is 0 Å². The molecule has 2 aromatic rings. The van der Waals surface area contributed by atoms with Gasteiger partial charge in [0, 0.05) is 5.56 Å². The van der Waals surface area contributed by atoms with Gasteiger partial charge < -0.3 is 0 Å². The Bertz CT molecular complexity index is 517. The molecule has 0 aliphatic rings. The highest BCUT2D eigenvalue weighted by Crippen LogP contribution is 2.30. The van der Waals surface area contributed by atoms with Crippen LogP contribution in [0.3, 0.4) is 0 Å². The first-order valence-corrected chi connectivity index (χ1v) is 5.67. The van der Waals surface area contributed by atoms with Crippen molar-refractivity contribution < 1.29 is 0 Å². The van der Waals surface area contributed by atoms with Gasteiger partial charge in [0.05, 0.1) is 0 Å². The van der Waals surface area contributed by atoms with Gasteiger partial charge in [-0.15, -0.1) is 0 Å². The van der Waals surface area contributed by atoms with Crippen LogP contribution >= 0.6 is 34.8 Å². The fraction of sp³-hybridized carbons (Fsp3) is 0.0909. The molecule has 0 atom stereocenters. The molecule has 0 spiro atoms. The molecule has 0 fully saturated rings. The monoisotopic (exact) mass is 272 g/mol. The van der Waals surface area contributed by atoms with Crippen molar-refractivity contribution in [3.8, 4) is 11.4 Å². The Morgan fingerprint density at radius 1 is 0.938 bits per heavy atom. The molecular formula is C11H7Cl3N2. The average molecular weight is 274 g/mol. The van der Waals surface area contributed by atoms with Gasteiger partial charge in [-0.3, -0.25) is 0 Å². The highest BCUT2D eigenvalue weighted by Gasteiger charge is 2.11. The largest absolute Gasteiger partial charge is 0.215 e. The smallest absolute Gasteiger partial charge is 0.162 e. The summed E-state index contributed by atoms with van der Waals surface area (Å²) in [5.74, 6) is 0.484. The molecule has 0 saturated heterocycles. The Hall–Kier alpha value is -0.830. The lowest BCUT2D eigenvalue weighted by molar-refractivity contribution is 1.17. The summed E-state index contributed by atoms with van der Waals surface area (Å²) < 4.78 is 0. The van der Waals surface area contributed by atoms with Crippen molar-refractivity contribution in [1.82, 2.24) is 9.97 Å². The lowest BCUT2D eigenvalue weighted by Crippen LogP contribution is -1.93. The molecule has 0 unspecified atom stereocenters.